The van der Waals surface area contributed by atoms with Gasteiger partial charge in [-0.1, -0.05) is 72.8 Å². The molecular weight excluding hydrogens is 332 g/mol. The predicted octanol–water partition coefficient (Wildman–Crippen LogP) is 4.76. The van der Waals surface area contributed by atoms with Crippen molar-refractivity contribution in [1.29, 1.82) is 0 Å². The van der Waals surface area contributed by atoms with E-state index < -0.39 is 6.10 Å². The number of aliphatic hydroxyl groups is 1. The van der Waals surface area contributed by atoms with Crippen molar-refractivity contribution in [3.8, 4) is 0 Å². The molecule has 0 amide bonds. The third kappa shape index (κ3) is 5.70. The van der Waals surface area contributed by atoms with E-state index in [9.17, 15) is 9.90 Å². The van der Waals surface area contributed by atoms with E-state index in [-0.39, 0.29) is 24.6 Å². The van der Waals surface area contributed by atoms with E-state index in [2.05, 4.69) is 24.3 Å². The van der Waals surface area contributed by atoms with E-state index in [0.29, 0.717) is 12.8 Å². The molecule has 1 N–H and O–H groups in total. The van der Waals surface area contributed by atoms with Gasteiger partial charge in [-0.05, 0) is 34.7 Å². The largest absolute Gasteiger partial charge is 0.392 e. The number of halogens is 1. The summed E-state index contributed by atoms with van der Waals surface area (Å²) < 4.78 is 0. The second-order valence-corrected chi connectivity index (χ2v) is 6.27. The molecule has 0 fully saturated rings. The highest BCUT2D eigenvalue weighted by Gasteiger charge is 2.12. The Balaban J connectivity index is 0.00000225. The molecular formula is C22H23ClO2. The number of ketones is 1. The van der Waals surface area contributed by atoms with Gasteiger partial charge in [0.2, 0.25) is 0 Å². The summed E-state index contributed by atoms with van der Waals surface area (Å²) in [6.07, 6.45) is 1.34. The summed E-state index contributed by atoms with van der Waals surface area (Å²) >= 11 is 0. The Labute approximate surface area is 154 Å². The number of hydrogen-bond donors (Lipinski definition) is 1. The van der Waals surface area contributed by atoms with Crippen LogP contribution >= 0.6 is 12.4 Å². The fraction of sp³-hybridized carbons (Fsp3) is 0.227. The SMILES string of the molecule is Cl.O=C(CCc1ccccc1)CC(O)Cc1ccc2ccccc2c1. The van der Waals surface area contributed by atoms with Gasteiger partial charge in [0, 0.05) is 12.8 Å². The molecule has 0 saturated heterocycles. The lowest BCUT2D eigenvalue weighted by Gasteiger charge is -2.11. The highest BCUT2D eigenvalue weighted by Crippen LogP contribution is 2.17. The topological polar surface area (TPSA) is 37.3 Å². The molecule has 1 atom stereocenters. The number of Topliss-reactive ketones (excluding diaryl/α,β-unsaturated/α-hetero) is 1. The second-order valence-electron chi connectivity index (χ2n) is 6.27. The van der Waals surface area contributed by atoms with Crippen molar-refractivity contribution in [1.82, 2.24) is 0 Å². The Hall–Kier alpha value is -2.16. The third-order valence-electron chi connectivity index (χ3n) is 4.28. The fourth-order valence-corrected chi connectivity index (χ4v) is 3.00. The molecule has 3 heteroatoms. The number of aryl methyl sites for hydroxylation is 1. The molecule has 3 rings (SSSR count). The van der Waals surface area contributed by atoms with Crippen LogP contribution in [0.15, 0.2) is 72.8 Å². The Morgan fingerprint density at radius 1 is 0.840 bits per heavy atom. The van der Waals surface area contributed by atoms with Crippen molar-refractivity contribution < 1.29 is 9.90 Å². The van der Waals surface area contributed by atoms with E-state index in [0.717, 1.165) is 22.9 Å². The summed E-state index contributed by atoms with van der Waals surface area (Å²) in [5, 5.41) is 12.6. The van der Waals surface area contributed by atoms with Crippen molar-refractivity contribution in [3.63, 3.8) is 0 Å². The molecule has 0 radical (unpaired) electrons. The van der Waals surface area contributed by atoms with Crippen molar-refractivity contribution in [2.45, 2.75) is 31.8 Å². The first kappa shape index (κ1) is 19.2. The van der Waals surface area contributed by atoms with Gasteiger partial charge in [-0.15, -0.1) is 12.4 Å². The summed E-state index contributed by atoms with van der Waals surface area (Å²) in [5.74, 6) is 0.118. The van der Waals surface area contributed by atoms with Crippen LogP contribution in [-0.4, -0.2) is 17.0 Å². The fourth-order valence-electron chi connectivity index (χ4n) is 3.00. The van der Waals surface area contributed by atoms with Gasteiger partial charge in [0.15, 0.2) is 0 Å². The number of benzene rings is 3. The first-order valence-electron chi connectivity index (χ1n) is 8.42. The minimum absolute atomic E-state index is 0. The number of hydrogen-bond acceptors (Lipinski definition) is 2. The summed E-state index contributed by atoms with van der Waals surface area (Å²) in [5.41, 5.74) is 2.23. The van der Waals surface area contributed by atoms with Crippen LogP contribution < -0.4 is 0 Å². The summed E-state index contributed by atoms with van der Waals surface area (Å²) in [6.45, 7) is 0. The zero-order valence-electron chi connectivity index (χ0n) is 14.1. The Bertz CT molecular complexity index is 814. The number of aliphatic hydroxyl groups excluding tert-OH is 1. The zero-order chi connectivity index (χ0) is 16.8. The molecule has 0 aliphatic carbocycles. The van der Waals surface area contributed by atoms with Gasteiger partial charge in [0.05, 0.1) is 6.10 Å². The van der Waals surface area contributed by atoms with Crippen LogP contribution in [0.4, 0.5) is 0 Å². The quantitative estimate of drug-likeness (QED) is 0.664. The summed E-state index contributed by atoms with van der Waals surface area (Å²) in [4.78, 5) is 12.1. The standard InChI is InChI=1S/C22H22O2.ClH/c23-21(13-11-17-6-2-1-3-7-17)16-22(24)15-18-10-12-19-8-4-5-9-20(19)14-18;/h1-10,12,14,22,24H,11,13,15-16H2;1H. The van der Waals surface area contributed by atoms with E-state index in [1.165, 1.54) is 5.39 Å². The molecule has 3 aromatic rings. The highest BCUT2D eigenvalue weighted by atomic mass is 35.5. The van der Waals surface area contributed by atoms with Gasteiger partial charge in [-0.25, -0.2) is 0 Å². The molecule has 0 aromatic heterocycles. The van der Waals surface area contributed by atoms with Gasteiger partial charge >= 0.3 is 0 Å². The van der Waals surface area contributed by atoms with Crippen molar-refractivity contribution in [2.24, 2.45) is 0 Å². The molecule has 130 valence electrons. The van der Waals surface area contributed by atoms with Crippen LogP contribution in [-0.2, 0) is 17.6 Å². The smallest absolute Gasteiger partial charge is 0.135 e. The van der Waals surface area contributed by atoms with Gasteiger partial charge in [0.1, 0.15) is 5.78 Å². The predicted molar refractivity (Wildman–Crippen MR) is 105 cm³/mol. The third-order valence-corrected chi connectivity index (χ3v) is 4.28. The van der Waals surface area contributed by atoms with Crippen LogP contribution in [0.1, 0.15) is 24.0 Å². The number of fused-ring (bicyclic) bond motifs is 1. The molecule has 0 saturated carbocycles. The lowest BCUT2D eigenvalue weighted by atomic mass is 9.98. The van der Waals surface area contributed by atoms with Crippen molar-refractivity contribution in [3.05, 3.63) is 83.9 Å². The van der Waals surface area contributed by atoms with Gasteiger partial charge in [0.25, 0.3) is 0 Å². The lowest BCUT2D eigenvalue weighted by Crippen LogP contribution is -2.16. The Morgan fingerprint density at radius 3 is 2.28 bits per heavy atom. The maximum absolute atomic E-state index is 12.1. The van der Waals surface area contributed by atoms with Gasteiger partial charge in [-0.2, -0.15) is 0 Å². The Morgan fingerprint density at radius 2 is 1.52 bits per heavy atom. The maximum Gasteiger partial charge on any atom is 0.135 e. The summed E-state index contributed by atoms with van der Waals surface area (Å²) in [7, 11) is 0. The average Bonchev–Trinajstić information content (AvgIpc) is 2.60. The molecule has 0 heterocycles. The highest BCUT2D eigenvalue weighted by molar-refractivity contribution is 5.85. The summed E-state index contributed by atoms with van der Waals surface area (Å²) in [6, 6.07) is 24.3. The Kier molecular flexibility index (Phi) is 7.17. The van der Waals surface area contributed by atoms with Crippen molar-refractivity contribution >= 4 is 29.0 Å². The molecule has 25 heavy (non-hydrogen) atoms. The first-order valence-corrected chi connectivity index (χ1v) is 8.42. The van der Waals surface area contributed by atoms with E-state index in [1.54, 1.807) is 0 Å². The molecule has 0 spiro atoms. The number of carbonyl (C=O) groups is 1. The van der Waals surface area contributed by atoms with Gasteiger partial charge < -0.3 is 5.11 Å². The van der Waals surface area contributed by atoms with Crippen LogP contribution in [0.25, 0.3) is 10.8 Å². The van der Waals surface area contributed by atoms with E-state index >= 15 is 0 Å². The van der Waals surface area contributed by atoms with E-state index in [1.807, 2.05) is 48.5 Å². The second kappa shape index (κ2) is 9.36. The first-order chi connectivity index (χ1) is 11.7. The molecule has 0 aliphatic rings. The van der Waals surface area contributed by atoms with Crippen LogP contribution in [0.5, 0.6) is 0 Å². The molecule has 0 bridgehead atoms. The minimum atomic E-state index is -0.616. The molecule has 1 unspecified atom stereocenters. The molecule has 0 aliphatic heterocycles. The molecule has 3 aromatic carbocycles. The van der Waals surface area contributed by atoms with Crippen LogP contribution in [0.3, 0.4) is 0 Å². The van der Waals surface area contributed by atoms with Crippen LogP contribution in [0.2, 0.25) is 0 Å². The van der Waals surface area contributed by atoms with Crippen molar-refractivity contribution in [2.75, 3.05) is 0 Å². The van der Waals surface area contributed by atoms with Gasteiger partial charge in [-0.3, -0.25) is 4.79 Å². The minimum Gasteiger partial charge on any atom is -0.392 e. The average molecular weight is 355 g/mol. The zero-order valence-corrected chi connectivity index (χ0v) is 14.9. The number of carbonyl (C=O) groups excluding carboxylic acids is 1. The monoisotopic (exact) mass is 354 g/mol. The normalized spacial score (nSPS) is 11.7. The van der Waals surface area contributed by atoms with E-state index in [4.69, 9.17) is 0 Å². The number of rotatable bonds is 7. The van der Waals surface area contributed by atoms with Crippen LogP contribution in [0, 0.1) is 0 Å². The maximum atomic E-state index is 12.1. The lowest BCUT2D eigenvalue weighted by molar-refractivity contribution is -0.120. The molecule has 2 nitrogen and oxygen atoms in total.